The Bertz CT molecular complexity index is 477. The Kier molecular flexibility index (Phi) is 8.58. The molecule has 0 aromatic carbocycles. The van der Waals surface area contributed by atoms with Crippen molar-refractivity contribution in [2.75, 3.05) is 11.5 Å². The Morgan fingerprint density at radius 1 is 1.05 bits per heavy atom. The minimum absolute atomic E-state index is 0. The van der Waals surface area contributed by atoms with Crippen molar-refractivity contribution in [3.63, 3.8) is 0 Å². The number of aryl methyl sites for hydroxylation is 1. The van der Waals surface area contributed by atoms with Crippen LogP contribution in [-0.2, 0) is 21.2 Å². The van der Waals surface area contributed by atoms with Gasteiger partial charge in [0.15, 0.2) is 22.2 Å². The van der Waals surface area contributed by atoms with Gasteiger partial charge in [0.2, 0.25) is 5.91 Å². The van der Waals surface area contributed by atoms with Gasteiger partial charge in [0.25, 0.3) is 0 Å². The molecular weight excluding hydrogens is 332 g/mol. The van der Waals surface area contributed by atoms with Crippen LogP contribution in [0.5, 0.6) is 0 Å². The van der Waals surface area contributed by atoms with Crippen LogP contribution in [0.3, 0.4) is 0 Å². The van der Waals surface area contributed by atoms with Crippen molar-refractivity contribution in [1.29, 1.82) is 0 Å². The summed E-state index contributed by atoms with van der Waals surface area (Å²) in [6.07, 6.45) is 6.26. The molecule has 1 aromatic rings. The van der Waals surface area contributed by atoms with Crippen molar-refractivity contribution in [2.45, 2.75) is 25.8 Å². The molecule has 1 aromatic heterocycles. The Hall–Kier alpha value is -0.950. The van der Waals surface area contributed by atoms with Gasteiger partial charge in [-0.05, 0) is 12.8 Å². The maximum Gasteiger partial charge on any atom is 0.232 e. The lowest BCUT2D eigenvalue weighted by atomic mass is 10.2. The predicted octanol–water partition coefficient (Wildman–Crippen LogP) is -2.95. The molecular formula is C12H19BrN2O3S. The van der Waals surface area contributed by atoms with Gasteiger partial charge in [0, 0.05) is 18.6 Å². The SMILES string of the molecule is NC(=O)CS(=O)(=O)CCCCC[n+]1ccccc1.[Br-]. The number of primary amides is 1. The van der Waals surface area contributed by atoms with Crippen molar-refractivity contribution in [2.24, 2.45) is 5.73 Å². The van der Waals surface area contributed by atoms with E-state index in [2.05, 4.69) is 4.57 Å². The first-order chi connectivity index (χ1) is 8.49. The minimum Gasteiger partial charge on any atom is -1.00 e. The number of carbonyl (C=O) groups excluding carboxylic acids is 1. The van der Waals surface area contributed by atoms with Crippen LogP contribution in [0.25, 0.3) is 0 Å². The van der Waals surface area contributed by atoms with Gasteiger partial charge in [-0.3, -0.25) is 4.79 Å². The normalized spacial score (nSPS) is 10.7. The summed E-state index contributed by atoms with van der Waals surface area (Å²) < 4.78 is 24.8. The quantitative estimate of drug-likeness (QED) is 0.402. The van der Waals surface area contributed by atoms with Crippen LogP contribution in [0, 0.1) is 0 Å². The number of amides is 1. The number of nitrogens with zero attached hydrogens (tertiary/aromatic N) is 1. The van der Waals surface area contributed by atoms with E-state index in [9.17, 15) is 13.2 Å². The number of aromatic nitrogens is 1. The second-order valence-corrected chi connectivity index (χ2v) is 6.42. The first kappa shape index (κ1) is 18.0. The Labute approximate surface area is 124 Å². The third-order valence-electron chi connectivity index (χ3n) is 2.51. The van der Waals surface area contributed by atoms with Crippen LogP contribution < -0.4 is 27.3 Å². The Balaban J connectivity index is 0.00000324. The molecule has 0 fully saturated rings. The molecule has 19 heavy (non-hydrogen) atoms. The first-order valence-electron chi connectivity index (χ1n) is 5.92. The average Bonchev–Trinajstić information content (AvgIpc) is 2.28. The number of sulfone groups is 1. The molecule has 1 rings (SSSR count). The highest BCUT2D eigenvalue weighted by atomic mass is 79.9. The van der Waals surface area contributed by atoms with E-state index in [4.69, 9.17) is 5.73 Å². The van der Waals surface area contributed by atoms with E-state index < -0.39 is 21.5 Å². The molecule has 0 bridgehead atoms. The van der Waals surface area contributed by atoms with Crippen LogP contribution in [0.1, 0.15) is 19.3 Å². The molecule has 0 aliphatic rings. The number of halogens is 1. The van der Waals surface area contributed by atoms with Gasteiger partial charge in [0.05, 0.1) is 5.75 Å². The molecule has 0 radical (unpaired) electrons. The first-order valence-corrected chi connectivity index (χ1v) is 7.74. The van der Waals surface area contributed by atoms with E-state index in [1.54, 1.807) is 0 Å². The number of carbonyl (C=O) groups is 1. The standard InChI is InChI=1S/C12H18N2O3S.BrH/c13-12(15)11-18(16,17)10-6-2-5-9-14-7-3-1-4-8-14;/h1,3-4,7-8H,2,5-6,9-11H2,(H-,13,15);1H. The molecule has 108 valence electrons. The van der Waals surface area contributed by atoms with Gasteiger partial charge in [-0.1, -0.05) is 6.07 Å². The molecule has 5 nitrogen and oxygen atoms in total. The topological polar surface area (TPSA) is 81.1 Å². The molecule has 0 saturated heterocycles. The van der Waals surface area contributed by atoms with Crippen LogP contribution in [-0.4, -0.2) is 25.8 Å². The predicted molar refractivity (Wildman–Crippen MR) is 68.3 cm³/mol. The highest BCUT2D eigenvalue weighted by Crippen LogP contribution is 2.00. The molecule has 0 atom stereocenters. The Morgan fingerprint density at radius 2 is 1.68 bits per heavy atom. The van der Waals surface area contributed by atoms with E-state index in [1.165, 1.54) is 0 Å². The fraction of sp³-hybridized carbons (Fsp3) is 0.500. The maximum absolute atomic E-state index is 11.4. The molecule has 0 aliphatic heterocycles. The van der Waals surface area contributed by atoms with E-state index in [-0.39, 0.29) is 22.7 Å². The highest BCUT2D eigenvalue weighted by molar-refractivity contribution is 7.92. The maximum atomic E-state index is 11.4. The molecule has 0 saturated carbocycles. The summed E-state index contributed by atoms with van der Waals surface area (Å²) in [5.41, 5.74) is 4.86. The average molecular weight is 351 g/mol. The number of unbranched alkanes of at least 4 members (excludes halogenated alkanes) is 2. The zero-order valence-electron chi connectivity index (χ0n) is 10.7. The highest BCUT2D eigenvalue weighted by Gasteiger charge is 2.13. The van der Waals surface area contributed by atoms with Gasteiger partial charge < -0.3 is 22.7 Å². The number of hydrogen-bond donors (Lipinski definition) is 1. The third kappa shape index (κ3) is 8.72. The number of pyridine rings is 1. The smallest absolute Gasteiger partial charge is 0.232 e. The van der Waals surface area contributed by atoms with Gasteiger partial charge in [0.1, 0.15) is 12.3 Å². The molecule has 0 spiro atoms. The number of nitrogens with two attached hydrogens (primary N) is 1. The van der Waals surface area contributed by atoms with Gasteiger partial charge >= 0.3 is 0 Å². The second kappa shape index (κ2) is 9.03. The molecule has 7 heteroatoms. The van der Waals surface area contributed by atoms with Crippen molar-refractivity contribution < 1.29 is 34.8 Å². The zero-order chi connectivity index (χ0) is 13.4. The van der Waals surface area contributed by atoms with Gasteiger partial charge in [-0.2, -0.15) is 0 Å². The molecule has 0 unspecified atom stereocenters. The zero-order valence-corrected chi connectivity index (χ0v) is 13.1. The number of rotatable bonds is 8. The van der Waals surface area contributed by atoms with Gasteiger partial charge in [-0.15, -0.1) is 0 Å². The summed E-state index contributed by atoms with van der Waals surface area (Å²) in [6.45, 7) is 0.872. The molecule has 1 heterocycles. The van der Waals surface area contributed by atoms with E-state index >= 15 is 0 Å². The van der Waals surface area contributed by atoms with Crippen LogP contribution in [0.2, 0.25) is 0 Å². The molecule has 0 aliphatic carbocycles. The summed E-state index contributed by atoms with van der Waals surface area (Å²) in [4.78, 5) is 10.5. The third-order valence-corrected chi connectivity index (χ3v) is 4.15. The lowest BCUT2D eigenvalue weighted by Crippen LogP contribution is -3.00. The number of hydrogen-bond acceptors (Lipinski definition) is 3. The lowest BCUT2D eigenvalue weighted by molar-refractivity contribution is -0.697. The van der Waals surface area contributed by atoms with E-state index in [0.717, 1.165) is 19.4 Å². The van der Waals surface area contributed by atoms with Crippen molar-refractivity contribution in [1.82, 2.24) is 0 Å². The molecule has 1 amide bonds. The van der Waals surface area contributed by atoms with Crippen molar-refractivity contribution >= 4 is 15.7 Å². The molecule has 2 N–H and O–H groups in total. The van der Waals surface area contributed by atoms with Crippen LogP contribution in [0.4, 0.5) is 0 Å². The summed E-state index contributed by atoms with van der Waals surface area (Å²) in [7, 11) is -3.31. The summed E-state index contributed by atoms with van der Waals surface area (Å²) in [6, 6.07) is 5.86. The Morgan fingerprint density at radius 3 is 2.26 bits per heavy atom. The van der Waals surface area contributed by atoms with Crippen LogP contribution in [0.15, 0.2) is 30.6 Å². The lowest BCUT2D eigenvalue weighted by Gasteiger charge is -2.01. The fourth-order valence-electron chi connectivity index (χ4n) is 1.67. The van der Waals surface area contributed by atoms with Crippen molar-refractivity contribution in [3.8, 4) is 0 Å². The summed E-state index contributed by atoms with van der Waals surface area (Å²) in [5, 5.41) is 0. The van der Waals surface area contributed by atoms with E-state index in [1.807, 2.05) is 30.6 Å². The van der Waals surface area contributed by atoms with E-state index in [0.29, 0.717) is 6.42 Å². The largest absolute Gasteiger partial charge is 1.00 e. The van der Waals surface area contributed by atoms with Crippen LogP contribution >= 0.6 is 0 Å². The van der Waals surface area contributed by atoms with Gasteiger partial charge in [-0.25, -0.2) is 13.0 Å². The minimum atomic E-state index is -3.31. The monoisotopic (exact) mass is 350 g/mol. The van der Waals surface area contributed by atoms with Crippen molar-refractivity contribution in [3.05, 3.63) is 30.6 Å². The summed E-state index contributed by atoms with van der Waals surface area (Å²) in [5.74, 6) is -1.29. The second-order valence-electron chi connectivity index (χ2n) is 4.23. The summed E-state index contributed by atoms with van der Waals surface area (Å²) >= 11 is 0. The fourth-order valence-corrected chi connectivity index (χ4v) is 2.89.